The number of hydrogen-bond donors (Lipinski definition) is 1. The predicted molar refractivity (Wildman–Crippen MR) is 77.3 cm³/mol. The average Bonchev–Trinajstić information content (AvgIpc) is 3.09. The monoisotopic (exact) mass is 296 g/mol. The number of thiazole rings is 1. The van der Waals surface area contributed by atoms with E-state index in [0.717, 1.165) is 36.7 Å². The van der Waals surface area contributed by atoms with E-state index in [1.807, 2.05) is 17.1 Å². The molecule has 7 heteroatoms. The molecule has 0 aromatic carbocycles. The third-order valence-electron chi connectivity index (χ3n) is 3.09. The lowest BCUT2D eigenvalue weighted by Crippen LogP contribution is -1.94. The van der Waals surface area contributed by atoms with Crippen LogP contribution in [-0.2, 0) is 12.8 Å². The Morgan fingerprint density at radius 1 is 1.37 bits per heavy atom. The number of anilines is 1. The van der Waals surface area contributed by atoms with Crippen LogP contribution in [0.15, 0.2) is 9.90 Å². The van der Waals surface area contributed by atoms with Gasteiger partial charge in [0.25, 0.3) is 0 Å². The summed E-state index contributed by atoms with van der Waals surface area (Å²) in [6.07, 6.45) is 5.10. The van der Waals surface area contributed by atoms with Crippen LogP contribution >= 0.6 is 23.1 Å². The first-order valence-electron chi connectivity index (χ1n) is 6.45. The van der Waals surface area contributed by atoms with Gasteiger partial charge >= 0.3 is 0 Å². The summed E-state index contributed by atoms with van der Waals surface area (Å²) in [7, 11) is 0. The number of hydrogen-bond acceptors (Lipinski definition) is 7. The quantitative estimate of drug-likeness (QED) is 0.914. The lowest BCUT2D eigenvalue weighted by molar-refractivity contribution is 0.370. The van der Waals surface area contributed by atoms with Crippen molar-refractivity contribution in [2.75, 3.05) is 11.5 Å². The van der Waals surface area contributed by atoms with Gasteiger partial charge in [0.2, 0.25) is 5.89 Å². The molecule has 2 aromatic heterocycles. The number of nitrogens with zero attached hydrogens (tertiary/aromatic N) is 3. The minimum Gasteiger partial charge on any atom is -0.375 e. The van der Waals surface area contributed by atoms with Crippen molar-refractivity contribution in [1.29, 1.82) is 0 Å². The molecule has 0 spiro atoms. The lowest BCUT2D eigenvalue weighted by atomic mass is 10.2. The molecule has 3 heterocycles. The van der Waals surface area contributed by atoms with Gasteiger partial charge in [0.05, 0.1) is 10.9 Å². The topological polar surface area (TPSA) is 77.8 Å². The van der Waals surface area contributed by atoms with Crippen LogP contribution in [0.1, 0.15) is 41.9 Å². The molecule has 0 bridgehead atoms. The van der Waals surface area contributed by atoms with Gasteiger partial charge in [0, 0.05) is 11.8 Å². The van der Waals surface area contributed by atoms with Crippen LogP contribution in [0.5, 0.6) is 0 Å². The fourth-order valence-corrected chi connectivity index (χ4v) is 3.93. The Hall–Kier alpha value is -1.08. The zero-order valence-electron chi connectivity index (χ0n) is 10.5. The van der Waals surface area contributed by atoms with Crippen LogP contribution in [0.3, 0.4) is 0 Å². The van der Waals surface area contributed by atoms with E-state index in [0.29, 0.717) is 10.4 Å². The van der Waals surface area contributed by atoms with E-state index in [1.54, 1.807) is 0 Å². The Morgan fingerprint density at radius 3 is 3.05 bits per heavy atom. The molecule has 2 aromatic rings. The predicted octanol–water partition coefficient (Wildman–Crippen LogP) is 2.85. The molecule has 0 saturated carbocycles. The van der Waals surface area contributed by atoms with Crippen LogP contribution in [0.25, 0.3) is 0 Å². The zero-order valence-corrected chi connectivity index (χ0v) is 12.2. The third-order valence-corrected chi connectivity index (χ3v) is 5.19. The maximum Gasteiger partial charge on any atom is 0.226 e. The largest absolute Gasteiger partial charge is 0.375 e. The van der Waals surface area contributed by atoms with Gasteiger partial charge in [-0.25, -0.2) is 4.98 Å². The Bertz CT molecular complexity index is 533. The highest BCUT2D eigenvalue weighted by atomic mass is 32.2. The Balaban J connectivity index is 1.50. The van der Waals surface area contributed by atoms with Crippen LogP contribution in [0.2, 0.25) is 0 Å². The first kappa shape index (κ1) is 12.9. The SMILES string of the molecule is Nc1nc(CCCc2nc(C3CCCS3)no2)cs1. The molecule has 1 aliphatic rings. The molecule has 0 radical (unpaired) electrons. The minimum absolute atomic E-state index is 0.441. The molecule has 1 atom stereocenters. The summed E-state index contributed by atoms with van der Waals surface area (Å²) in [6, 6.07) is 0. The number of nitrogen functional groups attached to an aromatic ring is 1. The van der Waals surface area contributed by atoms with Gasteiger partial charge < -0.3 is 10.3 Å². The summed E-state index contributed by atoms with van der Waals surface area (Å²) < 4.78 is 5.30. The number of rotatable bonds is 5. The molecule has 1 saturated heterocycles. The highest BCUT2D eigenvalue weighted by Crippen LogP contribution is 2.38. The van der Waals surface area contributed by atoms with Crippen molar-refractivity contribution in [3.63, 3.8) is 0 Å². The van der Waals surface area contributed by atoms with E-state index in [1.165, 1.54) is 29.9 Å². The van der Waals surface area contributed by atoms with Gasteiger partial charge in [-0.15, -0.1) is 11.3 Å². The van der Waals surface area contributed by atoms with Gasteiger partial charge in [-0.05, 0) is 31.4 Å². The number of aryl methyl sites for hydroxylation is 2. The lowest BCUT2D eigenvalue weighted by Gasteiger charge is -1.99. The maximum absolute atomic E-state index is 5.60. The van der Waals surface area contributed by atoms with Crippen LogP contribution < -0.4 is 5.73 Å². The molecule has 19 heavy (non-hydrogen) atoms. The van der Waals surface area contributed by atoms with Crippen LogP contribution in [0.4, 0.5) is 5.13 Å². The second kappa shape index (κ2) is 5.92. The molecular weight excluding hydrogens is 280 g/mol. The van der Waals surface area contributed by atoms with E-state index < -0.39 is 0 Å². The molecule has 102 valence electrons. The van der Waals surface area contributed by atoms with Crippen molar-refractivity contribution in [2.45, 2.75) is 37.4 Å². The van der Waals surface area contributed by atoms with Crippen molar-refractivity contribution < 1.29 is 4.52 Å². The summed E-state index contributed by atoms with van der Waals surface area (Å²) in [4.78, 5) is 8.72. The number of thioether (sulfide) groups is 1. The first-order chi connectivity index (χ1) is 9.31. The summed E-state index contributed by atoms with van der Waals surface area (Å²) >= 11 is 3.41. The minimum atomic E-state index is 0.441. The van der Waals surface area contributed by atoms with E-state index in [2.05, 4.69) is 15.1 Å². The normalized spacial score (nSPS) is 19.1. The van der Waals surface area contributed by atoms with Crippen molar-refractivity contribution >= 4 is 28.2 Å². The molecule has 0 aliphatic carbocycles. The van der Waals surface area contributed by atoms with Gasteiger partial charge in [0.15, 0.2) is 11.0 Å². The summed E-state index contributed by atoms with van der Waals surface area (Å²) in [5.74, 6) is 2.82. The summed E-state index contributed by atoms with van der Waals surface area (Å²) in [5, 5.41) is 7.16. The smallest absolute Gasteiger partial charge is 0.226 e. The molecule has 2 N–H and O–H groups in total. The van der Waals surface area contributed by atoms with Gasteiger partial charge in [-0.2, -0.15) is 16.7 Å². The average molecular weight is 296 g/mol. The number of aromatic nitrogens is 3. The molecule has 5 nitrogen and oxygen atoms in total. The summed E-state index contributed by atoms with van der Waals surface area (Å²) in [5.41, 5.74) is 6.65. The number of nitrogens with two attached hydrogens (primary N) is 1. The fraction of sp³-hybridized carbons (Fsp3) is 0.583. The molecule has 3 rings (SSSR count). The molecule has 0 amide bonds. The molecule has 1 aliphatic heterocycles. The highest BCUT2D eigenvalue weighted by molar-refractivity contribution is 7.99. The molecular formula is C12H16N4OS2. The van der Waals surface area contributed by atoms with Gasteiger partial charge in [-0.3, -0.25) is 0 Å². The van der Waals surface area contributed by atoms with E-state index >= 15 is 0 Å². The Kier molecular flexibility index (Phi) is 4.03. The van der Waals surface area contributed by atoms with E-state index in [9.17, 15) is 0 Å². The first-order valence-corrected chi connectivity index (χ1v) is 8.38. The van der Waals surface area contributed by atoms with Crippen molar-refractivity contribution in [2.24, 2.45) is 0 Å². The van der Waals surface area contributed by atoms with E-state index in [-0.39, 0.29) is 0 Å². The molecule has 1 unspecified atom stereocenters. The van der Waals surface area contributed by atoms with Crippen LogP contribution in [0, 0.1) is 0 Å². The second-order valence-corrected chi connectivity index (χ2v) is 6.78. The van der Waals surface area contributed by atoms with Gasteiger partial charge in [0.1, 0.15) is 0 Å². The van der Waals surface area contributed by atoms with Crippen LogP contribution in [-0.4, -0.2) is 20.9 Å². The Labute approximate surface area is 120 Å². The van der Waals surface area contributed by atoms with Crippen molar-refractivity contribution in [3.8, 4) is 0 Å². The van der Waals surface area contributed by atoms with Gasteiger partial charge in [-0.1, -0.05) is 5.16 Å². The zero-order chi connectivity index (χ0) is 13.1. The maximum atomic E-state index is 5.60. The van der Waals surface area contributed by atoms with E-state index in [4.69, 9.17) is 10.3 Å². The Morgan fingerprint density at radius 2 is 2.32 bits per heavy atom. The third kappa shape index (κ3) is 3.27. The summed E-state index contributed by atoms with van der Waals surface area (Å²) in [6.45, 7) is 0. The van der Waals surface area contributed by atoms with Crippen molar-refractivity contribution in [1.82, 2.24) is 15.1 Å². The highest BCUT2D eigenvalue weighted by Gasteiger charge is 2.22. The standard InChI is InChI=1S/C12H16N4OS2/c13-12-14-8(7-19-12)3-1-5-10-15-11(16-17-10)9-4-2-6-18-9/h7,9H,1-6H2,(H2,13,14). The fourth-order valence-electron chi connectivity index (χ4n) is 2.14. The second-order valence-electron chi connectivity index (χ2n) is 4.58. The molecule has 1 fully saturated rings. The van der Waals surface area contributed by atoms with Crippen molar-refractivity contribution in [3.05, 3.63) is 22.8 Å².